The Morgan fingerprint density at radius 1 is 0.778 bits per heavy atom. The van der Waals surface area contributed by atoms with E-state index in [0.29, 0.717) is 11.8 Å². The van der Waals surface area contributed by atoms with E-state index in [1.807, 2.05) is 0 Å². The topological polar surface area (TPSA) is 52.6 Å². The van der Waals surface area contributed by atoms with Crippen molar-refractivity contribution in [2.24, 2.45) is 23.7 Å². The van der Waals surface area contributed by atoms with Gasteiger partial charge < -0.3 is 9.47 Å². The molecule has 18 heavy (non-hydrogen) atoms. The second-order valence-corrected chi connectivity index (χ2v) is 5.45. The van der Waals surface area contributed by atoms with Gasteiger partial charge in [0.15, 0.2) is 0 Å². The number of carbonyl (C=O) groups excluding carboxylic acids is 2. The van der Waals surface area contributed by atoms with Crippen LogP contribution in [0.1, 0.15) is 38.5 Å². The number of methoxy groups -OCH3 is 2. The molecule has 4 atom stereocenters. The minimum absolute atomic E-state index is 0.0128. The van der Waals surface area contributed by atoms with Gasteiger partial charge in [0.1, 0.15) is 0 Å². The highest BCUT2D eigenvalue weighted by atomic mass is 16.5. The summed E-state index contributed by atoms with van der Waals surface area (Å²) >= 11 is 0. The Kier molecular flexibility index (Phi) is 4.25. The Labute approximate surface area is 108 Å². The Morgan fingerprint density at radius 2 is 1.17 bits per heavy atom. The summed E-state index contributed by atoms with van der Waals surface area (Å²) in [5, 5.41) is 0. The van der Waals surface area contributed by atoms with Gasteiger partial charge in [-0.3, -0.25) is 9.59 Å². The molecule has 0 N–H and O–H groups in total. The zero-order valence-corrected chi connectivity index (χ0v) is 11.2. The molecule has 2 aliphatic rings. The van der Waals surface area contributed by atoms with Crippen LogP contribution in [0, 0.1) is 23.7 Å². The molecule has 0 aromatic carbocycles. The Balaban J connectivity index is 2.15. The highest BCUT2D eigenvalue weighted by Crippen LogP contribution is 2.47. The van der Waals surface area contributed by atoms with Gasteiger partial charge in [0.25, 0.3) is 0 Å². The Bertz CT molecular complexity index is 294. The number of hydrogen-bond donors (Lipinski definition) is 0. The second kappa shape index (κ2) is 5.72. The molecule has 0 aliphatic heterocycles. The molecule has 0 bridgehead atoms. The van der Waals surface area contributed by atoms with Crippen molar-refractivity contribution < 1.29 is 19.1 Å². The van der Waals surface area contributed by atoms with E-state index in [2.05, 4.69) is 0 Å². The standard InChI is InChI=1S/C14H22O4/c1-17-13(15)11-7-8-12(14(16)18-2)10-6-4-3-5-9(10)11/h9-12H,3-8H2,1-2H3/t9-,10+,11+,12-. The number of fused-ring (bicyclic) bond motifs is 1. The van der Waals surface area contributed by atoms with Crippen LogP contribution in [0.2, 0.25) is 0 Å². The number of ether oxygens (including phenoxy) is 2. The molecule has 102 valence electrons. The van der Waals surface area contributed by atoms with Crippen molar-refractivity contribution in [1.29, 1.82) is 0 Å². The molecule has 2 fully saturated rings. The molecule has 0 saturated heterocycles. The van der Waals surface area contributed by atoms with Crippen LogP contribution in [0.3, 0.4) is 0 Å². The summed E-state index contributed by atoms with van der Waals surface area (Å²) in [7, 11) is 2.90. The molecule has 0 radical (unpaired) electrons. The van der Waals surface area contributed by atoms with Crippen molar-refractivity contribution in [3.63, 3.8) is 0 Å². The minimum Gasteiger partial charge on any atom is -0.469 e. The maximum absolute atomic E-state index is 11.8. The van der Waals surface area contributed by atoms with Crippen LogP contribution in [-0.4, -0.2) is 26.2 Å². The molecular weight excluding hydrogens is 232 g/mol. The van der Waals surface area contributed by atoms with Crippen LogP contribution in [-0.2, 0) is 19.1 Å². The smallest absolute Gasteiger partial charge is 0.308 e. The van der Waals surface area contributed by atoms with Gasteiger partial charge in [-0.1, -0.05) is 12.8 Å². The number of carbonyl (C=O) groups is 2. The molecule has 0 aromatic rings. The van der Waals surface area contributed by atoms with Crippen LogP contribution in [0.25, 0.3) is 0 Å². The fraction of sp³-hybridized carbons (Fsp3) is 0.857. The van der Waals surface area contributed by atoms with Gasteiger partial charge in [0, 0.05) is 0 Å². The first kappa shape index (κ1) is 13.4. The maximum atomic E-state index is 11.8. The van der Waals surface area contributed by atoms with Gasteiger partial charge in [0.05, 0.1) is 26.1 Å². The molecule has 0 unspecified atom stereocenters. The first-order chi connectivity index (χ1) is 8.69. The van der Waals surface area contributed by atoms with Crippen molar-refractivity contribution >= 4 is 11.9 Å². The molecule has 4 heteroatoms. The van der Waals surface area contributed by atoms with Crippen LogP contribution in [0.15, 0.2) is 0 Å². The highest BCUT2D eigenvalue weighted by Gasteiger charge is 2.46. The Morgan fingerprint density at radius 3 is 1.50 bits per heavy atom. The summed E-state index contributed by atoms with van der Waals surface area (Å²) in [5.41, 5.74) is 0. The van der Waals surface area contributed by atoms with Crippen molar-refractivity contribution in [1.82, 2.24) is 0 Å². The van der Waals surface area contributed by atoms with E-state index in [1.54, 1.807) is 0 Å². The van der Waals surface area contributed by atoms with E-state index in [9.17, 15) is 9.59 Å². The molecule has 0 aromatic heterocycles. The van der Waals surface area contributed by atoms with Gasteiger partial charge in [-0.2, -0.15) is 0 Å². The lowest BCUT2D eigenvalue weighted by molar-refractivity contribution is -0.160. The van der Waals surface area contributed by atoms with Crippen molar-refractivity contribution in [3.8, 4) is 0 Å². The second-order valence-electron chi connectivity index (χ2n) is 5.45. The monoisotopic (exact) mass is 254 g/mol. The van der Waals surface area contributed by atoms with Crippen LogP contribution in [0.4, 0.5) is 0 Å². The summed E-state index contributed by atoms with van der Waals surface area (Å²) < 4.78 is 9.81. The average molecular weight is 254 g/mol. The first-order valence-corrected chi connectivity index (χ1v) is 6.84. The van der Waals surface area contributed by atoms with Crippen LogP contribution < -0.4 is 0 Å². The zero-order chi connectivity index (χ0) is 13.1. The van der Waals surface area contributed by atoms with Gasteiger partial charge >= 0.3 is 11.9 Å². The highest BCUT2D eigenvalue weighted by molar-refractivity contribution is 5.75. The minimum atomic E-state index is -0.102. The first-order valence-electron chi connectivity index (χ1n) is 6.84. The third kappa shape index (κ3) is 2.38. The van der Waals surface area contributed by atoms with Gasteiger partial charge in [-0.25, -0.2) is 0 Å². The van der Waals surface area contributed by atoms with E-state index in [0.717, 1.165) is 38.5 Å². The number of hydrogen-bond acceptors (Lipinski definition) is 4. The molecule has 4 nitrogen and oxygen atoms in total. The third-order valence-electron chi connectivity index (χ3n) is 4.71. The van der Waals surface area contributed by atoms with Gasteiger partial charge in [-0.05, 0) is 37.5 Å². The molecule has 0 heterocycles. The Hall–Kier alpha value is -1.06. The van der Waals surface area contributed by atoms with E-state index in [-0.39, 0.29) is 23.8 Å². The lowest BCUT2D eigenvalue weighted by Gasteiger charge is -2.43. The summed E-state index contributed by atoms with van der Waals surface area (Å²) in [4.78, 5) is 23.7. The summed E-state index contributed by atoms with van der Waals surface area (Å²) in [6.07, 6.45) is 5.90. The van der Waals surface area contributed by atoms with Crippen LogP contribution >= 0.6 is 0 Å². The average Bonchev–Trinajstić information content (AvgIpc) is 2.44. The van der Waals surface area contributed by atoms with E-state index < -0.39 is 0 Å². The quantitative estimate of drug-likeness (QED) is 0.709. The molecule has 2 rings (SSSR count). The summed E-state index contributed by atoms with van der Waals surface area (Å²) in [6.45, 7) is 0. The van der Waals surface area contributed by atoms with Gasteiger partial charge in [0.2, 0.25) is 0 Å². The van der Waals surface area contributed by atoms with E-state index in [4.69, 9.17) is 9.47 Å². The number of rotatable bonds is 2. The van der Waals surface area contributed by atoms with Crippen molar-refractivity contribution in [2.45, 2.75) is 38.5 Å². The SMILES string of the molecule is COC(=O)[C@H]1CC[C@@H](C(=O)OC)[C@H]2CCCC[C@H]21. The summed E-state index contributed by atoms with van der Waals surface area (Å²) in [6, 6.07) is 0. The van der Waals surface area contributed by atoms with Crippen molar-refractivity contribution in [3.05, 3.63) is 0 Å². The predicted octanol–water partition coefficient (Wildman–Crippen LogP) is 2.17. The third-order valence-corrected chi connectivity index (χ3v) is 4.71. The van der Waals surface area contributed by atoms with Crippen molar-refractivity contribution in [2.75, 3.05) is 14.2 Å². The molecule has 2 aliphatic carbocycles. The lowest BCUT2D eigenvalue weighted by Crippen LogP contribution is -2.43. The predicted molar refractivity (Wildman–Crippen MR) is 65.7 cm³/mol. The largest absolute Gasteiger partial charge is 0.469 e. The lowest BCUT2D eigenvalue weighted by atomic mass is 9.61. The fourth-order valence-corrected chi connectivity index (χ4v) is 3.86. The van der Waals surface area contributed by atoms with Crippen LogP contribution in [0.5, 0.6) is 0 Å². The van der Waals surface area contributed by atoms with E-state index in [1.165, 1.54) is 14.2 Å². The molecule has 2 saturated carbocycles. The summed E-state index contributed by atoms with van der Waals surface area (Å²) in [5.74, 6) is 0.390. The molecule has 0 spiro atoms. The number of esters is 2. The molecular formula is C14H22O4. The molecule has 0 amide bonds. The van der Waals surface area contributed by atoms with E-state index >= 15 is 0 Å². The normalized spacial score (nSPS) is 35.4. The fourth-order valence-electron chi connectivity index (χ4n) is 3.86. The zero-order valence-electron chi connectivity index (χ0n) is 11.2. The van der Waals surface area contributed by atoms with Gasteiger partial charge in [-0.15, -0.1) is 0 Å². The maximum Gasteiger partial charge on any atom is 0.308 e.